The van der Waals surface area contributed by atoms with Gasteiger partial charge in [0.25, 0.3) is 0 Å². The highest BCUT2D eigenvalue weighted by atomic mass is 16.6. The zero-order valence-electron chi connectivity index (χ0n) is 9.62. The van der Waals surface area contributed by atoms with E-state index < -0.39 is 11.7 Å². The number of aliphatic hydroxyl groups excluding tert-OH is 1. The van der Waals surface area contributed by atoms with E-state index in [2.05, 4.69) is 5.43 Å². The van der Waals surface area contributed by atoms with E-state index in [1.165, 1.54) is 0 Å². The summed E-state index contributed by atoms with van der Waals surface area (Å²) in [6, 6.07) is 0. The smallest absolute Gasteiger partial charge is 0.422 e. The van der Waals surface area contributed by atoms with Crippen LogP contribution in [0, 0.1) is 5.92 Å². The molecular weight excluding hydrogens is 196 g/mol. The van der Waals surface area contributed by atoms with Crippen LogP contribution in [0.1, 0.15) is 27.2 Å². The molecule has 0 aromatic rings. The lowest BCUT2D eigenvalue weighted by atomic mass is 10.1. The van der Waals surface area contributed by atoms with Crippen LogP contribution in [-0.4, -0.2) is 41.5 Å². The average molecular weight is 216 g/mol. The second-order valence-electron chi connectivity index (χ2n) is 4.90. The van der Waals surface area contributed by atoms with Gasteiger partial charge in [0.15, 0.2) is 0 Å². The van der Waals surface area contributed by atoms with Crippen LogP contribution in [-0.2, 0) is 4.74 Å². The Labute approximate surface area is 90.4 Å². The van der Waals surface area contributed by atoms with Gasteiger partial charge in [-0.15, -0.1) is 0 Å². The number of nitrogens with one attached hydrogen (secondary N) is 1. The average Bonchev–Trinajstić information content (AvgIpc) is 2.48. The van der Waals surface area contributed by atoms with Gasteiger partial charge in [-0.2, -0.15) is 0 Å². The van der Waals surface area contributed by atoms with E-state index in [4.69, 9.17) is 9.84 Å². The third-order valence-electron chi connectivity index (χ3n) is 2.19. The molecule has 2 N–H and O–H groups in total. The summed E-state index contributed by atoms with van der Waals surface area (Å²) in [7, 11) is 0. The van der Waals surface area contributed by atoms with Crippen LogP contribution in [0.25, 0.3) is 0 Å². The van der Waals surface area contributed by atoms with Crippen LogP contribution in [0.5, 0.6) is 0 Å². The van der Waals surface area contributed by atoms with E-state index >= 15 is 0 Å². The van der Waals surface area contributed by atoms with E-state index in [9.17, 15) is 4.79 Å². The monoisotopic (exact) mass is 216 g/mol. The summed E-state index contributed by atoms with van der Waals surface area (Å²) >= 11 is 0. The summed E-state index contributed by atoms with van der Waals surface area (Å²) in [5, 5.41) is 10.7. The highest BCUT2D eigenvalue weighted by Gasteiger charge is 2.24. The summed E-state index contributed by atoms with van der Waals surface area (Å²) in [5.41, 5.74) is 2.19. The van der Waals surface area contributed by atoms with Crippen molar-refractivity contribution in [2.75, 3.05) is 19.7 Å². The van der Waals surface area contributed by atoms with E-state index in [-0.39, 0.29) is 12.5 Å². The highest BCUT2D eigenvalue weighted by Crippen LogP contribution is 2.13. The quantitative estimate of drug-likeness (QED) is 0.714. The van der Waals surface area contributed by atoms with E-state index in [0.29, 0.717) is 6.54 Å². The minimum absolute atomic E-state index is 0.173. The first-order valence-electron chi connectivity index (χ1n) is 5.26. The largest absolute Gasteiger partial charge is 0.443 e. The number of hydrazine groups is 1. The lowest BCUT2D eigenvalue weighted by Crippen LogP contribution is -2.43. The molecule has 0 spiro atoms. The number of nitrogens with zero attached hydrogens (tertiary/aromatic N) is 1. The Balaban J connectivity index is 2.28. The maximum atomic E-state index is 11.4. The van der Waals surface area contributed by atoms with Crippen molar-refractivity contribution < 1.29 is 14.6 Å². The van der Waals surface area contributed by atoms with Gasteiger partial charge in [-0.05, 0) is 33.1 Å². The number of rotatable bonds is 2. The zero-order chi connectivity index (χ0) is 11.5. The third-order valence-corrected chi connectivity index (χ3v) is 2.19. The molecule has 1 amide bonds. The van der Waals surface area contributed by atoms with Crippen LogP contribution in [0.2, 0.25) is 0 Å². The molecule has 1 rings (SSSR count). The van der Waals surface area contributed by atoms with Crippen molar-refractivity contribution in [3.8, 4) is 0 Å². The lowest BCUT2D eigenvalue weighted by molar-refractivity contribution is 0.0356. The predicted octanol–water partition coefficient (Wildman–Crippen LogP) is 0.740. The van der Waals surface area contributed by atoms with Crippen molar-refractivity contribution in [2.24, 2.45) is 5.92 Å². The van der Waals surface area contributed by atoms with Gasteiger partial charge in [0.1, 0.15) is 5.60 Å². The molecule has 0 radical (unpaired) electrons. The standard InChI is InChI=1S/C10H20N2O3/c1-10(2,3)15-9(14)11-12-5-4-8(6-12)7-13/h8,13H,4-7H2,1-3H3,(H,11,14). The Hall–Kier alpha value is -0.810. The summed E-state index contributed by atoms with van der Waals surface area (Å²) < 4.78 is 5.11. The molecule has 1 atom stereocenters. The van der Waals surface area contributed by atoms with Gasteiger partial charge >= 0.3 is 6.09 Å². The van der Waals surface area contributed by atoms with Crippen LogP contribution >= 0.6 is 0 Å². The molecule has 5 nitrogen and oxygen atoms in total. The Morgan fingerprint density at radius 3 is 2.73 bits per heavy atom. The summed E-state index contributed by atoms with van der Waals surface area (Å²) in [5.74, 6) is 0.264. The van der Waals surface area contributed by atoms with Gasteiger partial charge in [0.05, 0.1) is 0 Å². The molecule has 1 unspecified atom stereocenters. The number of hydrogen-bond acceptors (Lipinski definition) is 4. The SMILES string of the molecule is CC(C)(C)OC(=O)NN1CCC(CO)C1. The molecule has 0 aliphatic carbocycles. The maximum absolute atomic E-state index is 11.4. The molecule has 88 valence electrons. The number of carbonyl (C=O) groups excluding carboxylic acids is 1. The van der Waals surface area contributed by atoms with Crippen LogP contribution in [0.4, 0.5) is 4.79 Å². The number of hydrogen-bond donors (Lipinski definition) is 2. The van der Waals surface area contributed by atoms with E-state index in [1.807, 2.05) is 20.8 Å². The van der Waals surface area contributed by atoms with E-state index in [0.717, 1.165) is 13.0 Å². The Morgan fingerprint density at radius 1 is 1.60 bits per heavy atom. The number of carbonyl (C=O) groups is 1. The van der Waals surface area contributed by atoms with Crippen molar-refractivity contribution in [3.05, 3.63) is 0 Å². The Bertz CT molecular complexity index is 225. The summed E-state index contributed by atoms with van der Waals surface area (Å²) in [6.45, 7) is 7.11. The molecular formula is C10H20N2O3. The first-order chi connectivity index (χ1) is 6.90. The van der Waals surface area contributed by atoms with E-state index in [1.54, 1.807) is 5.01 Å². The fourth-order valence-corrected chi connectivity index (χ4v) is 1.51. The maximum Gasteiger partial charge on any atom is 0.422 e. The van der Waals surface area contributed by atoms with Crippen LogP contribution in [0.3, 0.4) is 0 Å². The molecule has 15 heavy (non-hydrogen) atoms. The molecule has 5 heteroatoms. The fraction of sp³-hybridized carbons (Fsp3) is 0.900. The second kappa shape index (κ2) is 4.81. The summed E-state index contributed by atoms with van der Waals surface area (Å²) in [4.78, 5) is 11.4. The van der Waals surface area contributed by atoms with Crippen molar-refractivity contribution in [1.82, 2.24) is 10.4 Å². The second-order valence-corrected chi connectivity index (χ2v) is 4.90. The third kappa shape index (κ3) is 4.48. The van der Waals surface area contributed by atoms with Gasteiger partial charge in [0, 0.05) is 19.7 Å². The minimum atomic E-state index is -0.472. The van der Waals surface area contributed by atoms with Crippen molar-refractivity contribution in [3.63, 3.8) is 0 Å². The normalized spacial score (nSPS) is 22.8. The molecule has 1 aliphatic heterocycles. The molecule has 1 saturated heterocycles. The van der Waals surface area contributed by atoms with Gasteiger partial charge in [-0.1, -0.05) is 0 Å². The van der Waals surface area contributed by atoms with Crippen LogP contribution in [0.15, 0.2) is 0 Å². The Kier molecular flexibility index (Phi) is 3.93. The predicted molar refractivity (Wildman–Crippen MR) is 56.1 cm³/mol. The Morgan fingerprint density at radius 2 is 2.27 bits per heavy atom. The molecule has 0 aromatic heterocycles. The van der Waals surface area contributed by atoms with Crippen LogP contribution < -0.4 is 5.43 Å². The fourth-order valence-electron chi connectivity index (χ4n) is 1.51. The van der Waals surface area contributed by atoms with Gasteiger partial charge in [-0.25, -0.2) is 9.80 Å². The van der Waals surface area contributed by atoms with Gasteiger partial charge < -0.3 is 9.84 Å². The van der Waals surface area contributed by atoms with Crippen molar-refractivity contribution >= 4 is 6.09 Å². The molecule has 1 heterocycles. The molecule has 0 bridgehead atoms. The molecule has 0 aromatic carbocycles. The summed E-state index contributed by atoms with van der Waals surface area (Å²) in [6.07, 6.45) is 0.479. The zero-order valence-corrected chi connectivity index (χ0v) is 9.62. The van der Waals surface area contributed by atoms with Gasteiger partial charge in [-0.3, -0.25) is 5.43 Å². The highest BCUT2D eigenvalue weighted by molar-refractivity contribution is 5.67. The molecule has 0 saturated carbocycles. The first-order valence-corrected chi connectivity index (χ1v) is 5.26. The van der Waals surface area contributed by atoms with Crippen molar-refractivity contribution in [2.45, 2.75) is 32.8 Å². The lowest BCUT2D eigenvalue weighted by Gasteiger charge is -2.23. The minimum Gasteiger partial charge on any atom is -0.443 e. The molecule has 1 fully saturated rings. The molecule has 1 aliphatic rings. The topological polar surface area (TPSA) is 61.8 Å². The number of aliphatic hydroxyl groups is 1. The first kappa shape index (κ1) is 12.3. The number of amides is 1. The van der Waals surface area contributed by atoms with Gasteiger partial charge in [0.2, 0.25) is 0 Å². The van der Waals surface area contributed by atoms with Crippen molar-refractivity contribution in [1.29, 1.82) is 0 Å². The number of ether oxygens (including phenoxy) is 1.